The van der Waals surface area contributed by atoms with Crippen LogP contribution in [0.2, 0.25) is 0 Å². The van der Waals surface area contributed by atoms with Gasteiger partial charge in [-0.05, 0) is 18.2 Å². The van der Waals surface area contributed by atoms with E-state index in [2.05, 4.69) is 0 Å². The van der Waals surface area contributed by atoms with Crippen molar-refractivity contribution < 1.29 is 21.6 Å². The number of nitrogens with two attached hydrogens (primary N) is 1. The van der Waals surface area contributed by atoms with Gasteiger partial charge in [0.05, 0.1) is 11.3 Å². The molecule has 0 heterocycles. The van der Waals surface area contributed by atoms with E-state index in [0.29, 0.717) is 0 Å². The molecule has 21 heavy (non-hydrogen) atoms. The van der Waals surface area contributed by atoms with Crippen LogP contribution < -0.4 is 10.6 Å². The molecule has 0 spiro atoms. The monoisotopic (exact) mass is 323 g/mol. The molecule has 0 atom stereocenters. The normalized spacial score (nSPS) is 12.2. The molecule has 0 radical (unpaired) electrons. The Morgan fingerprint density at radius 1 is 1.38 bits per heavy atom. The van der Waals surface area contributed by atoms with Gasteiger partial charge in [0.15, 0.2) is 0 Å². The van der Waals surface area contributed by atoms with Gasteiger partial charge in [0.25, 0.3) is 0 Å². The van der Waals surface area contributed by atoms with E-state index in [-0.39, 0.29) is 18.0 Å². The number of rotatable bonds is 5. The number of amidine groups is 1. The first kappa shape index (κ1) is 17.3. The van der Waals surface area contributed by atoms with Crippen molar-refractivity contribution in [1.82, 2.24) is 0 Å². The van der Waals surface area contributed by atoms with Crippen LogP contribution in [0.1, 0.15) is 11.1 Å². The molecule has 0 aliphatic heterocycles. The van der Waals surface area contributed by atoms with Gasteiger partial charge < -0.3 is 10.6 Å². The number of nitrogens with zero attached hydrogens (tertiary/aromatic N) is 1. The van der Waals surface area contributed by atoms with E-state index in [4.69, 9.17) is 11.1 Å². The third kappa shape index (κ3) is 4.92. The molecule has 3 N–H and O–H groups in total. The number of hydrogen-bond donors (Lipinski definition) is 2. The zero-order valence-corrected chi connectivity index (χ0v) is 12.3. The van der Waals surface area contributed by atoms with E-state index in [1.54, 1.807) is 0 Å². The zero-order chi connectivity index (χ0) is 16.4. The van der Waals surface area contributed by atoms with Crippen LogP contribution in [0.5, 0.6) is 0 Å². The lowest BCUT2D eigenvalue weighted by Gasteiger charge is -2.21. The summed E-state index contributed by atoms with van der Waals surface area (Å²) in [6, 6.07) is 3.34. The maximum atomic E-state index is 13.0. The van der Waals surface area contributed by atoms with Crippen molar-refractivity contribution in [3.63, 3.8) is 0 Å². The highest BCUT2D eigenvalue weighted by Crippen LogP contribution is 2.34. The highest BCUT2D eigenvalue weighted by atomic mass is 32.2. The first-order valence-corrected chi connectivity index (χ1v) is 7.92. The molecule has 0 saturated heterocycles. The highest BCUT2D eigenvalue weighted by molar-refractivity contribution is 7.90. The second-order valence-corrected chi connectivity index (χ2v) is 6.95. The average molecular weight is 323 g/mol. The Bertz CT molecular complexity index is 642. The minimum absolute atomic E-state index is 0.0650. The van der Waals surface area contributed by atoms with Gasteiger partial charge in [-0.2, -0.15) is 13.2 Å². The second-order valence-electron chi connectivity index (χ2n) is 4.69. The van der Waals surface area contributed by atoms with Crippen molar-refractivity contribution in [2.24, 2.45) is 5.73 Å². The molecule has 0 fully saturated rings. The lowest BCUT2D eigenvalue weighted by atomic mass is 10.0. The first-order chi connectivity index (χ1) is 9.42. The number of nitrogen functional groups attached to an aromatic ring is 1. The Hall–Kier alpha value is -1.77. The lowest BCUT2D eigenvalue weighted by molar-refractivity contribution is -0.137. The Balaban J connectivity index is 3.14. The zero-order valence-electron chi connectivity index (χ0n) is 11.5. The summed E-state index contributed by atoms with van der Waals surface area (Å²) in [5.41, 5.74) is 3.93. The van der Waals surface area contributed by atoms with Crippen molar-refractivity contribution in [2.75, 3.05) is 30.5 Å². The standard InChI is InChI=1S/C12H16F3N3O2S/c1-18(5-6-21(2,19)20)8-3-4-9(11(16)17)10(7-8)12(13,14)15/h3-4,7H,5-6H2,1-2H3,(H3,16,17). The van der Waals surface area contributed by atoms with Crippen molar-refractivity contribution >= 4 is 21.4 Å². The molecule has 0 unspecified atom stereocenters. The Kier molecular flexibility index (Phi) is 4.87. The molecule has 0 amide bonds. The van der Waals surface area contributed by atoms with Crippen LogP contribution in [0, 0.1) is 5.41 Å². The van der Waals surface area contributed by atoms with Gasteiger partial charge in [0, 0.05) is 31.1 Å². The van der Waals surface area contributed by atoms with Crippen molar-refractivity contribution in [1.29, 1.82) is 5.41 Å². The third-order valence-corrected chi connectivity index (χ3v) is 3.76. The summed E-state index contributed by atoms with van der Waals surface area (Å²) in [6.45, 7) is 0.0650. The molecule has 0 bridgehead atoms. The van der Waals surface area contributed by atoms with Gasteiger partial charge in [0.2, 0.25) is 0 Å². The van der Waals surface area contributed by atoms with E-state index in [9.17, 15) is 21.6 Å². The van der Waals surface area contributed by atoms with Crippen LogP contribution >= 0.6 is 0 Å². The summed E-state index contributed by atoms with van der Waals surface area (Å²) in [5.74, 6) is -0.841. The summed E-state index contributed by atoms with van der Waals surface area (Å²) < 4.78 is 61.1. The summed E-state index contributed by atoms with van der Waals surface area (Å²) in [6.07, 6.45) is -3.59. The topological polar surface area (TPSA) is 87.2 Å². The number of alkyl halides is 3. The van der Waals surface area contributed by atoms with Gasteiger partial charge in [0.1, 0.15) is 15.7 Å². The minimum Gasteiger partial charge on any atom is -0.384 e. The number of benzene rings is 1. The van der Waals surface area contributed by atoms with Gasteiger partial charge in [-0.3, -0.25) is 5.41 Å². The molecule has 118 valence electrons. The number of anilines is 1. The van der Waals surface area contributed by atoms with Crippen molar-refractivity contribution in [3.05, 3.63) is 29.3 Å². The van der Waals surface area contributed by atoms with Gasteiger partial charge in [-0.15, -0.1) is 0 Å². The quantitative estimate of drug-likeness (QED) is 0.634. The number of nitrogens with one attached hydrogen (secondary N) is 1. The van der Waals surface area contributed by atoms with Crippen LogP contribution in [0.15, 0.2) is 18.2 Å². The molecule has 0 aromatic heterocycles. The molecule has 1 aromatic rings. The lowest BCUT2D eigenvalue weighted by Crippen LogP contribution is -2.26. The molecule has 1 rings (SSSR count). The fraction of sp³-hybridized carbons (Fsp3) is 0.417. The van der Waals surface area contributed by atoms with E-state index in [1.165, 1.54) is 18.0 Å². The number of sulfone groups is 1. The van der Waals surface area contributed by atoms with E-state index in [1.807, 2.05) is 0 Å². The van der Waals surface area contributed by atoms with Crippen LogP contribution in [-0.4, -0.2) is 39.9 Å². The van der Waals surface area contributed by atoms with E-state index < -0.39 is 33.0 Å². The Morgan fingerprint density at radius 3 is 2.38 bits per heavy atom. The Morgan fingerprint density at radius 2 is 1.95 bits per heavy atom. The smallest absolute Gasteiger partial charge is 0.384 e. The molecule has 0 saturated carbocycles. The molecule has 0 aliphatic rings. The van der Waals surface area contributed by atoms with Crippen LogP contribution in [0.3, 0.4) is 0 Å². The van der Waals surface area contributed by atoms with Crippen molar-refractivity contribution in [3.8, 4) is 0 Å². The molecule has 1 aromatic carbocycles. The SMILES string of the molecule is CN(CCS(C)(=O)=O)c1ccc(C(=N)N)c(C(F)(F)F)c1. The minimum atomic E-state index is -4.64. The van der Waals surface area contributed by atoms with Gasteiger partial charge >= 0.3 is 6.18 Å². The summed E-state index contributed by atoms with van der Waals surface area (Å²) in [4.78, 5) is 1.40. The maximum absolute atomic E-state index is 13.0. The summed E-state index contributed by atoms with van der Waals surface area (Å²) >= 11 is 0. The van der Waals surface area contributed by atoms with Crippen molar-refractivity contribution in [2.45, 2.75) is 6.18 Å². The molecule has 5 nitrogen and oxygen atoms in total. The summed E-state index contributed by atoms with van der Waals surface area (Å²) in [5, 5.41) is 7.18. The van der Waals surface area contributed by atoms with Crippen LogP contribution in [0.4, 0.5) is 18.9 Å². The molecule has 0 aliphatic carbocycles. The number of halogens is 3. The molecular formula is C12H16F3N3O2S. The van der Waals surface area contributed by atoms with E-state index in [0.717, 1.165) is 18.4 Å². The van der Waals surface area contributed by atoms with E-state index >= 15 is 0 Å². The fourth-order valence-electron chi connectivity index (χ4n) is 1.67. The number of hydrogen-bond acceptors (Lipinski definition) is 4. The largest absolute Gasteiger partial charge is 0.417 e. The average Bonchev–Trinajstić information content (AvgIpc) is 2.33. The fourth-order valence-corrected chi connectivity index (χ4v) is 2.28. The third-order valence-electron chi connectivity index (χ3n) is 2.84. The van der Waals surface area contributed by atoms with Gasteiger partial charge in [-0.25, -0.2) is 8.42 Å². The Labute approximate surface area is 121 Å². The maximum Gasteiger partial charge on any atom is 0.417 e. The highest BCUT2D eigenvalue weighted by Gasteiger charge is 2.34. The molecular weight excluding hydrogens is 307 g/mol. The predicted octanol–water partition coefficient (Wildman–Crippen LogP) is 1.47. The second kappa shape index (κ2) is 5.92. The van der Waals surface area contributed by atoms with Gasteiger partial charge in [-0.1, -0.05) is 0 Å². The van der Waals surface area contributed by atoms with Crippen LogP contribution in [-0.2, 0) is 16.0 Å². The molecule has 9 heteroatoms. The predicted molar refractivity (Wildman–Crippen MR) is 75.4 cm³/mol. The van der Waals surface area contributed by atoms with Crippen LogP contribution in [0.25, 0.3) is 0 Å². The summed E-state index contributed by atoms with van der Waals surface area (Å²) in [7, 11) is -1.71. The first-order valence-electron chi connectivity index (χ1n) is 5.86.